The topological polar surface area (TPSA) is 100 Å². The average Bonchev–Trinajstić information content (AvgIpc) is 3.49. The summed E-state index contributed by atoms with van der Waals surface area (Å²) in [5.74, 6) is 2.00. The van der Waals surface area contributed by atoms with Gasteiger partial charge in [-0.25, -0.2) is 4.79 Å². The number of thiophene rings is 1. The fourth-order valence-corrected chi connectivity index (χ4v) is 3.94. The number of fused-ring (bicyclic) bond motifs is 1. The molecule has 4 aromatic rings. The molecule has 3 aromatic heterocycles. The van der Waals surface area contributed by atoms with E-state index < -0.39 is 5.76 Å². The molecule has 9 nitrogen and oxygen atoms in total. The number of aryl methyl sites for hydroxylation is 2. The zero-order valence-electron chi connectivity index (χ0n) is 15.0. The predicted octanol–water partition coefficient (Wildman–Crippen LogP) is 2.84. The lowest BCUT2D eigenvalue weighted by Gasteiger charge is -2.07. The minimum absolute atomic E-state index is 0.231. The molecule has 0 fully saturated rings. The first-order valence-electron chi connectivity index (χ1n) is 8.82. The van der Waals surface area contributed by atoms with Crippen LogP contribution in [0.3, 0.4) is 0 Å². The molecule has 0 saturated carbocycles. The van der Waals surface area contributed by atoms with E-state index in [-0.39, 0.29) is 6.79 Å². The molecule has 5 rings (SSSR count). The number of rotatable bonds is 6. The van der Waals surface area contributed by atoms with Crippen molar-refractivity contribution >= 4 is 23.6 Å². The van der Waals surface area contributed by atoms with Gasteiger partial charge in [-0.05, 0) is 41.4 Å². The summed E-state index contributed by atoms with van der Waals surface area (Å²) in [6.07, 6.45) is 0.466. The Balaban J connectivity index is 1.34. The minimum Gasteiger partial charge on any atom is -0.454 e. The maximum absolute atomic E-state index is 12.1. The number of ether oxygens (including phenoxy) is 2. The zero-order valence-corrected chi connectivity index (χ0v) is 16.7. The van der Waals surface area contributed by atoms with E-state index in [9.17, 15) is 4.79 Å². The molecule has 0 unspecified atom stereocenters. The molecule has 0 atom stereocenters. The zero-order chi connectivity index (χ0) is 19.8. The third-order valence-electron chi connectivity index (χ3n) is 4.50. The highest BCUT2D eigenvalue weighted by atomic mass is 32.1. The lowest BCUT2D eigenvalue weighted by Crippen LogP contribution is -2.18. The van der Waals surface area contributed by atoms with Crippen LogP contribution in [0.25, 0.3) is 10.8 Å². The third kappa shape index (κ3) is 3.49. The Kier molecular flexibility index (Phi) is 4.52. The molecule has 1 aliphatic heterocycles. The number of H-pyrrole nitrogens is 1. The summed E-state index contributed by atoms with van der Waals surface area (Å²) < 4.78 is 19.7. The first-order valence-corrected chi connectivity index (χ1v) is 10.1. The maximum atomic E-state index is 12.1. The van der Waals surface area contributed by atoms with E-state index in [0.29, 0.717) is 35.9 Å². The Morgan fingerprint density at radius 1 is 1.24 bits per heavy atom. The van der Waals surface area contributed by atoms with Gasteiger partial charge in [-0.2, -0.15) is 9.78 Å². The highest BCUT2D eigenvalue weighted by Gasteiger charge is 2.16. The molecule has 1 aliphatic rings. The Bertz CT molecular complexity index is 1270. The van der Waals surface area contributed by atoms with E-state index in [1.165, 1.54) is 16.0 Å². The van der Waals surface area contributed by atoms with Gasteiger partial charge in [-0.15, -0.1) is 16.4 Å². The molecule has 0 radical (unpaired) electrons. The lowest BCUT2D eigenvalue weighted by atomic mass is 10.2. The van der Waals surface area contributed by atoms with Gasteiger partial charge in [0.25, 0.3) is 5.89 Å². The van der Waals surface area contributed by atoms with Crippen LogP contribution in [0.1, 0.15) is 11.4 Å². The molecule has 0 bridgehead atoms. The van der Waals surface area contributed by atoms with E-state index in [1.807, 2.05) is 40.3 Å². The summed E-state index contributed by atoms with van der Waals surface area (Å²) in [7, 11) is 0. The quantitative estimate of drug-likeness (QED) is 0.471. The second kappa shape index (κ2) is 7.33. The minimum atomic E-state index is -0.496. The van der Waals surface area contributed by atoms with Crippen LogP contribution in [0.15, 0.2) is 44.9 Å². The highest BCUT2D eigenvalue weighted by molar-refractivity contribution is 7.71. The molecule has 0 aliphatic carbocycles. The summed E-state index contributed by atoms with van der Waals surface area (Å²) in [6, 6.07) is 9.50. The smallest absolute Gasteiger partial charge is 0.437 e. The summed E-state index contributed by atoms with van der Waals surface area (Å²) in [6.45, 7) is 1.08. The number of aromatic nitrogens is 5. The molecule has 148 valence electrons. The van der Waals surface area contributed by atoms with Crippen molar-refractivity contribution < 1.29 is 13.9 Å². The Morgan fingerprint density at radius 3 is 3.00 bits per heavy atom. The predicted molar refractivity (Wildman–Crippen MR) is 107 cm³/mol. The van der Waals surface area contributed by atoms with Crippen molar-refractivity contribution in [3.63, 3.8) is 0 Å². The normalized spacial score (nSPS) is 12.6. The van der Waals surface area contributed by atoms with Crippen LogP contribution in [0.2, 0.25) is 0 Å². The van der Waals surface area contributed by atoms with Crippen molar-refractivity contribution in [1.29, 1.82) is 0 Å². The second-order valence-electron chi connectivity index (χ2n) is 6.34. The standard InChI is InChI=1S/C18H15N5O4S2/c24-18-23(21-16(27-18)14-2-1-7-29-14)6-5-15-19-20-17(28)22(15)9-11-3-4-12-13(8-11)26-10-25-12/h1-4,7-8H,5-6,9-10H2,(H,20,28). The number of hydrogen-bond acceptors (Lipinski definition) is 8. The molecular weight excluding hydrogens is 414 g/mol. The van der Waals surface area contributed by atoms with Gasteiger partial charge in [0.05, 0.1) is 18.0 Å². The fraction of sp³-hybridized carbons (Fsp3) is 0.222. The molecular formula is C18H15N5O4S2. The second-order valence-corrected chi connectivity index (χ2v) is 7.68. The van der Waals surface area contributed by atoms with E-state index in [1.54, 1.807) is 0 Å². The van der Waals surface area contributed by atoms with Gasteiger partial charge in [0, 0.05) is 6.42 Å². The number of nitrogens with one attached hydrogen (secondary N) is 1. The van der Waals surface area contributed by atoms with Crippen LogP contribution in [0.4, 0.5) is 0 Å². The van der Waals surface area contributed by atoms with Crippen LogP contribution >= 0.6 is 23.6 Å². The maximum Gasteiger partial charge on any atom is 0.437 e. The lowest BCUT2D eigenvalue weighted by molar-refractivity contribution is 0.174. The first kappa shape index (κ1) is 17.9. The van der Waals surface area contributed by atoms with Crippen molar-refractivity contribution in [3.05, 3.63) is 62.4 Å². The molecule has 11 heteroatoms. The molecule has 1 N–H and O–H groups in total. The van der Waals surface area contributed by atoms with Gasteiger partial charge in [0.2, 0.25) is 6.79 Å². The summed E-state index contributed by atoms with van der Waals surface area (Å²) >= 11 is 6.84. The summed E-state index contributed by atoms with van der Waals surface area (Å²) in [5.41, 5.74) is 1.01. The van der Waals surface area contributed by atoms with Gasteiger partial charge in [-0.3, -0.25) is 9.67 Å². The summed E-state index contributed by atoms with van der Waals surface area (Å²) in [5, 5.41) is 13.3. The largest absolute Gasteiger partial charge is 0.454 e. The molecule has 0 amide bonds. The summed E-state index contributed by atoms with van der Waals surface area (Å²) in [4.78, 5) is 12.9. The average molecular weight is 429 g/mol. The molecule has 0 spiro atoms. The van der Waals surface area contributed by atoms with Crippen LogP contribution < -0.4 is 15.2 Å². The number of nitrogens with zero attached hydrogens (tertiary/aromatic N) is 4. The molecule has 4 heterocycles. The van der Waals surface area contributed by atoms with Crippen molar-refractivity contribution in [1.82, 2.24) is 24.5 Å². The molecule has 29 heavy (non-hydrogen) atoms. The van der Waals surface area contributed by atoms with Gasteiger partial charge < -0.3 is 13.9 Å². The van der Waals surface area contributed by atoms with Crippen LogP contribution in [0.5, 0.6) is 11.5 Å². The Labute approximate surface area is 173 Å². The number of aromatic amines is 1. The van der Waals surface area contributed by atoms with Gasteiger partial charge in [-0.1, -0.05) is 12.1 Å². The van der Waals surface area contributed by atoms with Crippen molar-refractivity contribution in [2.75, 3.05) is 6.79 Å². The van der Waals surface area contributed by atoms with Gasteiger partial charge >= 0.3 is 5.76 Å². The van der Waals surface area contributed by atoms with E-state index in [4.69, 9.17) is 26.1 Å². The van der Waals surface area contributed by atoms with Crippen molar-refractivity contribution in [2.24, 2.45) is 0 Å². The third-order valence-corrected chi connectivity index (χ3v) is 5.67. The van der Waals surface area contributed by atoms with Gasteiger partial charge in [0.15, 0.2) is 16.3 Å². The number of benzene rings is 1. The Morgan fingerprint density at radius 2 is 2.14 bits per heavy atom. The molecule has 0 saturated heterocycles. The van der Waals surface area contributed by atoms with Gasteiger partial charge in [0.1, 0.15) is 5.82 Å². The van der Waals surface area contributed by atoms with Crippen molar-refractivity contribution in [3.8, 4) is 22.3 Å². The Hall–Kier alpha value is -3.18. The van der Waals surface area contributed by atoms with Crippen molar-refractivity contribution in [2.45, 2.75) is 19.5 Å². The van der Waals surface area contributed by atoms with Crippen LogP contribution in [-0.4, -0.2) is 31.3 Å². The first-order chi connectivity index (χ1) is 14.2. The van der Waals surface area contributed by atoms with E-state index in [2.05, 4.69) is 15.3 Å². The van der Waals surface area contributed by atoms with E-state index in [0.717, 1.165) is 22.0 Å². The van der Waals surface area contributed by atoms with E-state index >= 15 is 0 Å². The monoisotopic (exact) mass is 429 g/mol. The fourth-order valence-electron chi connectivity index (χ4n) is 3.08. The van der Waals surface area contributed by atoms with Crippen LogP contribution in [0, 0.1) is 4.77 Å². The van der Waals surface area contributed by atoms with Crippen LogP contribution in [-0.2, 0) is 19.5 Å². The number of hydrogen-bond donors (Lipinski definition) is 1. The molecule has 1 aromatic carbocycles. The highest BCUT2D eigenvalue weighted by Crippen LogP contribution is 2.32. The SMILES string of the molecule is O=c1oc(-c2cccs2)nn1CCc1n[nH]c(=S)n1Cc1ccc2c(c1)OCO2.